The fourth-order valence-electron chi connectivity index (χ4n) is 9.51. The van der Waals surface area contributed by atoms with Crippen molar-refractivity contribution in [3.05, 3.63) is 24.3 Å². The van der Waals surface area contributed by atoms with Crippen molar-refractivity contribution in [1.29, 1.82) is 0 Å². The van der Waals surface area contributed by atoms with Crippen LogP contribution in [0.1, 0.15) is 335 Å². The van der Waals surface area contributed by atoms with Crippen molar-refractivity contribution in [1.82, 2.24) is 5.32 Å². The van der Waals surface area contributed by atoms with Crippen LogP contribution in [0.15, 0.2) is 24.3 Å². The monoisotopic (exact) mass is 958 g/mol. The lowest BCUT2D eigenvalue weighted by atomic mass is 10.0. The molecule has 3 N–H and O–H groups in total. The van der Waals surface area contributed by atoms with Crippen molar-refractivity contribution in [2.45, 2.75) is 347 Å². The maximum absolute atomic E-state index is 12.5. The van der Waals surface area contributed by atoms with Gasteiger partial charge >= 0.3 is 5.97 Å². The van der Waals surface area contributed by atoms with Crippen molar-refractivity contribution < 1.29 is 24.5 Å². The summed E-state index contributed by atoms with van der Waals surface area (Å²) in [7, 11) is 0. The molecular formula is C62H119NO5. The van der Waals surface area contributed by atoms with Gasteiger partial charge in [-0.3, -0.25) is 9.59 Å². The van der Waals surface area contributed by atoms with Gasteiger partial charge in [-0.2, -0.15) is 0 Å². The minimum Gasteiger partial charge on any atom is -0.466 e. The molecule has 0 aliphatic heterocycles. The van der Waals surface area contributed by atoms with Crippen LogP contribution in [-0.2, 0) is 14.3 Å². The smallest absolute Gasteiger partial charge is 0.305 e. The van der Waals surface area contributed by atoms with Gasteiger partial charge in [0.15, 0.2) is 0 Å². The number of aliphatic hydroxyl groups excluding tert-OH is 2. The summed E-state index contributed by atoms with van der Waals surface area (Å²) < 4.78 is 5.48. The maximum Gasteiger partial charge on any atom is 0.305 e. The first kappa shape index (κ1) is 66.3. The minimum atomic E-state index is -0.843. The minimum absolute atomic E-state index is 0.00553. The summed E-state index contributed by atoms with van der Waals surface area (Å²) in [5, 5.41) is 23.1. The fourth-order valence-corrected chi connectivity index (χ4v) is 9.51. The third-order valence-corrected chi connectivity index (χ3v) is 14.2. The lowest BCUT2D eigenvalue weighted by molar-refractivity contribution is -0.143. The second-order valence-corrected chi connectivity index (χ2v) is 21.0. The average Bonchev–Trinajstić information content (AvgIpc) is 3.34. The Labute approximate surface area is 424 Å². The first-order valence-corrected chi connectivity index (χ1v) is 30.6. The first-order chi connectivity index (χ1) is 33.5. The van der Waals surface area contributed by atoms with Crippen LogP contribution in [0.25, 0.3) is 0 Å². The molecule has 0 aliphatic carbocycles. The fraction of sp³-hybridized carbons (Fsp3) is 0.903. The van der Waals surface area contributed by atoms with Gasteiger partial charge in [-0.1, -0.05) is 289 Å². The lowest BCUT2D eigenvalue weighted by Gasteiger charge is -2.20. The van der Waals surface area contributed by atoms with E-state index in [0.29, 0.717) is 19.4 Å². The zero-order valence-electron chi connectivity index (χ0n) is 45.9. The predicted octanol–water partition coefficient (Wildman–Crippen LogP) is 19.0. The van der Waals surface area contributed by atoms with Crippen LogP contribution >= 0.6 is 0 Å². The molecule has 1 amide bonds. The number of hydrogen-bond donors (Lipinski definition) is 3. The van der Waals surface area contributed by atoms with Crippen molar-refractivity contribution in [2.24, 2.45) is 0 Å². The van der Waals surface area contributed by atoms with E-state index < -0.39 is 12.1 Å². The van der Waals surface area contributed by atoms with Crippen molar-refractivity contribution in [3.63, 3.8) is 0 Å². The Bertz CT molecular complexity index is 1060. The maximum atomic E-state index is 12.5. The van der Waals surface area contributed by atoms with Gasteiger partial charge in [0, 0.05) is 12.8 Å². The largest absolute Gasteiger partial charge is 0.466 e. The topological polar surface area (TPSA) is 95.9 Å². The highest BCUT2D eigenvalue weighted by Gasteiger charge is 2.18. The standard InChI is InChI=1S/C62H119NO5/c1-3-5-7-9-11-13-15-17-30-34-38-42-46-50-54-60(65)59(58-64)63-61(66)55-51-47-43-39-35-31-28-26-24-22-20-19-21-23-25-27-29-33-37-41-45-49-53-57-68-62(67)56-52-48-44-40-36-32-18-16-14-12-10-8-6-4-2/h16,18,50,54,59-60,64-65H,3-15,17,19-49,51-53,55-58H2,1-2H3,(H,63,66)/b18-16-,54-50+. The van der Waals surface area contributed by atoms with Crippen LogP contribution in [0, 0.1) is 0 Å². The number of carbonyl (C=O) groups excluding carboxylic acids is 2. The van der Waals surface area contributed by atoms with Gasteiger partial charge in [0.25, 0.3) is 0 Å². The Kier molecular flexibility index (Phi) is 56.5. The number of carbonyl (C=O) groups is 2. The van der Waals surface area contributed by atoms with Crippen LogP contribution in [0.5, 0.6) is 0 Å². The molecule has 2 atom stereocenters. The lowest BCUT2D eigenvalue weighted by Crippen LogP contribution is -2.45. The summed E-state index contributed by atoms with van der Waals surface area (Å²) in [6.45, 7) is 4.90. The molecule has 0 bridgehead atoms. The van der Waals surface area contributed by atoms with Gasteiger partial charge < -0.3 is 20.3 Å². The zero-order valence-corrected chi connectivity index (χ0v) is 45.9. The molecule has 0 fully saturated rings. The van der Waals surface area contributed by atoms with E-state index in [2.05, 4.69) is 31.3 Å². The molecule has 0 saturated carbocycles. The molecule has 6 heteroatoms. The van der Waals surface area contributed by atoms with E-state index in [4.69, 9.17) is 4.74 Å². The number of hydrogen-bond acceptors (Lipinski definition) is 5. The van der Waals surface area contributed by atoms with Gasteiger partial charge in [-0.05, 0) is 57.8 Å². The molecule has 0 radical (unpaired) electrons. The molecular weight excluding hydrogens is 839 g/mol. The van der Waals surface area contributed by atoms with Crippen molar-refractivity contribution >= 4 is 11.9 Å². The number of aliphatic hydroxyl groups is 2. The summed E-state index contributed by atoms with van der Waals surface area (Å²) in [5.41, 5.74) is 0. The second kappa shape index (κ2) is 57.9. The van der Waals surface area contributed by atoms with Crippen LogP contribution in [0.4, 0.5) is 0 Å². The molecule has 0 aromatic heterocycles. The SMILES string of the molecule is CCCCCCC/C=C\CCCCCCCC(=O)OCCCCCCCCCCCCCCCCCCCCCCCCCC(=O)NC(CO)C(O)/C=C/CCCCCCCCCCCCCC. The molecule has 2 unspecified atom stereocenters. The average molecular weight is 959 g/mol. The zero-order chi connectivity index (χ0) is 49.3. The Morgan fingerprint density at radius 1 is 0.397 bits per heavy atom. The summed E-state index contributed by atoms with van der Waals surface area (Å²) in [6, 6.07) is -0.626. The van der Waals surface area contributed by atoms with Gasteiger partial charge in [-0.25, -0.2) is 0 Å². The molecule has 68 heavy (non-hydrogen) atoms. The van der Waals surface area contributed by atoms with E-state index >= 15 is 0 Å². The van der Waals surface area contributed by atoms with Crippen LogP contribution in [-0.4, -0.2) is 47.4 Å². The number of allylic oxidation sites excluding steroid dienone is 3. The number of amides is 1. The summed E-state index contributed by atoms with van der Waals surface area (Å²) in [4.78, 5) is 24.5. The second-order valence-electron chi connectivity index (χ2n) is 21.0. The quantitative estimate of drug-likeness (QED) is 0.0321. The van der Waals surface area contributed by atoms with Crippen LogP contribution in [0.2, 0.25) is 0 Å². The van der Waals surface area contributed by atoms with Gasteiger partial charge in [0.05, 0.1) is 25.4 Å². The summed E-state index contributed by atoms with van der Waals surface area (Å²) in [5.74, 6) is -0.0608. The van der Waals surface area contributed by atoms with Gasteiger partial charge in [0.2, 0.25) is 5.91 Å². The molecule has 0 saturated heterocycles. The van der Waals surface area contributed by atoms with Gasteiger partial charge in [0.1, 0.15) is 0 Å². The number of nitrogens with one attached hydrogen (secondary N) is 1. The summed E-state index contributed by atoms with van der Waals surface area (Å²) in [6.07, 6.45) is 70.7. The van der Waals surface area contributed by atoms with Crippen molar-refractivity contribution in [2.75, 3.05) is 13.2 Å². The molecule has 0 aromatic rings. The third-order valence-electron chi connectivity index (χ3n) is 14.2. The number of esters is 1. The molecule has 402 valence electrons. The Morgan fingerprint density at radius 3 is 1.04 bits per heavy atom. The summed E-state index contributed by atoms with van der Waals surface area (Å²) >= 11 is 0. The molecule has 0 spiro atoms. The highest BCUT2D eigenvalue weighted by molar-refractivity contribution is 5.76. The van der Waals surface area contributed by atoms with E-state index in [0.717, 1.165) is 44.9 Å². The third kappa shape index (κ3) is 53.7. The highest BCUT2D eigenvalue weighted by atomic mass is 16.5. The normalized spacial score (nSPS) is 12.7. The van der Waals surface area contributed by atoms with E-state index in [1.54, 1.807) is 6.08 Å². The van der Waals surface area contributed by atoms with Gasteiger partial charge in [-0.15, -0.1) is 0 Å². The molecule has 6 nitrogen and oxygen atoms in total. The molecule has 0 rings (SSSR count). The number of rotatable bonds is 57. The van der Waals surface area contributed by atoms with Crippen LogP contribution < -0.4 is 5.32 Å². The van der Waals surface area contributed by atoms with Crippen molar-refractivity contribution in [3.8, 4) is 0 Å². The molecule has 0 aliphatic rings. The molecule has 0 heterocycles. The Hall–Kier alpha value is -1.66. The highest BCUT2D eigenvalue weighted by Crippen LogP contribution is 2.17. The number of unbranched alkanes of at least 4 members (excludes halogenated alkanes) is 44. The van der Waals surface area contributed by atoms with E-state index in [9.17, 15) is 19.8 Å². The van der Waals surface area contributed by atoms with E-state index in [1.807, 2.05) is 6.08 Å². The molecule has 0 aromatic carbocycles. The number of ether oxygens (including phenoxy) is 1. The van der Waals surface area contributed by atoms with E-state index in [1.165, 1.54) is 263 Å². The predicted molar refractivity (Wildman–Crippen MR) is 296 cm³/mol. The Balaban J connectivity index is 3.39. The Morgan fingerprint density at radius 2 is 0.691 bits per heavy atom. The first-order valence-electron chi connectivity index (χ1n) is 30.6. The van der Waals surface area contributed by atoms with Crippen LogP contribution in [0.3, 0.4) is 0 Å². The van der Waals surface area contributed by atoms with E-state index in [-0.39, 0.29) is 18.5 Å².